The highest BCUT2D eigenvalue weighted by atomic mass is 35.5. The number of imidazole rings is 1. The largest absolute Gasteiger partial charge is 0.349 e. The molecule has 0 atom stereocenters. The summed E-state index contributed by atoms with van der Waals surface area (Å²) in [4.78, 5) is 16.5. The lowest BCUT2D eigenvalue weighted by molar-refractivity contribution is -0.120. The van der Waals surface area contributed by atoms with E-state index >= 15 is 0 Å². The van der Waals surface area contributed by atoms with Crippen molar-refractivity contribution < 1.29 is 4.79 Å². The Morgan fingerprint density at radius 2 is 1.91 bits per heavy atom. The van der Waals surface area contributed by atoms with Crippen LogP contribution in [0.5, 0.6) is 0 Å². The third-order valence-electron chi connectivity index (χ3n) is 3.60. The lowest BCUT2D eigenvalue weighted by atomic mass is 10.1. The first-order chi connectivity index (χ1) is 10.6. The van der Waals surface area contributed by atoms with Crippen LogP contribution in [0.2, 0.25) is 5.02 Å². The van der Waals surface area contributed by atoms with Gasteiger partial charge in [-0.3, -0.25) is 4.79 Å². The number of aryl methyl sites for hydroxylation is 1. The molecular weight excluding hydrogens is 298 g/mol. The molecule has 112 valence electrons. The van der Waals surface area contributed by atoms with Crippen molar-refractivity contribution in [2.24, 2.45) is 7.05 Å². The van der Waals surface area contributed by atoms with Crippen LogP contribution in [0.1, 0.15) is 11.4 Å². The highest BCUT2D eigenvalue weighted by Gasteiger charge is 2.09. The Labute approximate surface area is 133 Å². The van der Waals surface area contributed by atoms with E-state index in [0.717, 1.165) is 22.4 Å². The van der Waals surface area contributed by atoms with Gasteiger partial charge in [-0.1, -0.05) is 35.9 Å². The molecule has 1 heterocycles. The molecule has 0 bridgehead atoms. The maximum Gasteiger partial charge on any atom is 0.224 e. The Bertz CT molecular complexity index is 808. The molecule has 0 aliphatic rings. The summed E-state index contributed by atoms with van der Waals surface area (Å²) in [7, 11) is 1.95. The number of halogens is 1. The predicted octanol–water partition coefficient (Wildman–Crippen LogP) is 3.09. The second-order valence-corrected chi connectivity index (χ2v) is 5.59. The zero-order valence-corrected chi connectivity index (χ0v) is 13.0. The fraction of sp³-hybridized carbons (Fsp3) is 0.176. The number of carbonyl (C=O) groups is 1. The SMILES string of the molecule is Cn1c(CNC(=O)Cc2ccc(Cl)cc2)nc2ccccc21. The molecule has 0 spiro atoms. The Morgan fingerprint density at radius 3 is 2.64 bits per heavy atom. The minimum Gasteiger partial charge on any atom is -0.349 e. The first-order valence-electron chi connectivity index (χ1n) is 7.05. The maximum absolute atomic E-state index is 12.0. The summed E-state index contributed by atoms with van der Waals surface area (Å²) >= 11 is 5.83. The normalized spacial score (nSPS) is 10.8. The van der Waals surface area contributed by atoms with Crippen LogP contribution in [0, 0.1) is 0 Å². The predicted molar refractivity (Wildman–Crippen MR) is 87.7 cm³/mol. The van der Waals surface area contributed by atoms with Crippen molar-refractivity contribution in [3.8, 4) is 0 Å². The molecule has 1 N–H and O–H groups in total. The number of amides is 1. The Hall–Kier alpha value is -2.33. The molecule has 22 heavy (non-hydrogen) atoms. The van der Waals surface area contributed by atoms with Crippen molar-refractivity contribution in [1.82, 2.24) is 14.9 Å². The third-order valence-corrected chi connectivity index (χ3v) is 3.85. The van der Waals surface area contributed by atoms with Crippen molar-refractivity contribution in [3.63, 3.8) is 0 Å². The van der Waals surface area contributed by atoms with Crippen molar-refractivity contribution in [1.29, 1.82) is 0 Å². The average Bonchev–Trinajstić information content (AvgIpc) is 2.84. The summed E-state index contributed by atoms with van der Waals surface area (Å²) in [6.07, 6.45) is 0.334. The van der Waals surface area contributed by atoms with Gasteiger partial charge >= 0.3 is 0 Å². The van der Waals surface area contributed by atoms with Gasteiger partial charge in [-0.25, -0.2) is 4.98 Å². The van der Waals surface area contributed by atoms with Crippen LogP contribution in [0.3, 0.4) is 0 Å². The number of aromatic nitrogens is 2. The number of nitrogens with zero attached hydrogens (tertiary/aromatic N) is 2. The van der Waals surface area contributed by atoms with Gasteiger partial charge in [-0.15, -0.1) is 0 Å². The van der Waals surface area contributed by atoms with Gasteiger partial charge in [0.25, 0.3) is 0 Å². The van der Waals surface area contributed by atoms with Crippen LogP contribution < -0.4 is 5.32 Å². The molecule has 0 unspecified atom stereocenters. The Balaban J connectivity index is 1.64. The molecule has 0 saturated carbocycles. The number of para-hydroxylation sites is 2. The smallest absolute Gasteiger partial charge is 0.224 e. The number of hydrogen-bond donors (Lipinski definition) is 1. The van der Waals surface area contributed by atoms with E-state index in [1.807, 2.05) is 48.0 Å². The first kappa shape index (κ1) is 14.6. The van der Waals surface area contributed by atoms with E-state index < -0.39 is 0 Å². The highest BCUT2D eigenvalue weighted by molar-refractivity contribution is 6.30. The molecule has 1 aromatic heterocycles. The first-order valence-corrected chi connectivity index (χ1v) is 7.43. The number of rotatable bonds is 4. The van der Waals surface area contributed by atoms with Gasteiger partial charge in [0.05, 0.1) is 24.0 Å². The molecule has 5 heteroatoms. The summed E-state index contributed by atoms with van der Waals surface area (Å²) in [5.74, 6) is 0.806. The third kappa shape index (κ3) is 3.12. The van der Waals surface area contributed by atoms with E-state index in [2.05, 4.69) is 10.3 Å². The van der Waals surface area contributed by atoms with Crippen LogP contribution in [0.15, 0.2) is 48.5 Å². The molecule has 4 nitrogen and oxygen atoms in total. The quantitative estimate of drug-likeness (QED) is 0.804. The van der Waals surface area contributed by atoms with Crippen LogP contribution >= 0.6 is 11.6 Å². The van der Waals surface area contributed by atoms with Gasteiger partial charge in [0.1, 0.15) is 5.82 Å². The zero-order valence-electron chi connectivity index (χ0n) is 12.2. The fourth-order valence-electron chi connectivity index (χ4n) is 2.38. The Morgan fingerprint density at radius 1 is 1.18 bits per heavy atom. The van der Waals surface area contributed by atoms with Crippen molar-refractivity contribution in [2.75, 3.05) is 0 Å². The summed E-state index contributed by atoms with van der Waals surface area (Å²) in [6.45, 7) is 0.414. The molecular formula is C17H16ClN3O. The molecule has 0 aliphatic carbocycles. The molecule has 0 saturated heterocycles. The van der Waals surface area contributed by atoms with Crippen molar-refractivity contribution in [2.45, 2.75) is 13.0 Å². The van der Waals surface area contributed by atoms with Gasteiger partial charge in [0.15, 0.2) is 0 Å². The summed E-state index contributed by atoms with van der Waals surface area (Å²) in [6, 6.07) is 15.2. The van der Waals surface area contributed by atoms with Crippen LogP contribution in [-0.4, -0.2) is 15.5 Å². The topological polar surface area (TPSA) is 46.9 Å². The number of hydrogen-bond acceptors (Lipinski definition) is 2. The van der Waals surface area contributed by atoms with Crippen molar-refractivity contribution >= 4 is 28.5 Å². The minimum atomic E-state index is -0.0330. The van der Waals surface area contributed by atoms with Crippen LogP contribution in [0.25, 0.3) is 11.0 Å². The molecule has 1 amide bonds. The van der Waals surface area contributed by atoms with Gasteiger partial charge in [0.2, 0.25) is 5.91 Å². The Kier molecular flexibility index (Phi) is 4.11. The minimum absolute atomic E-state index is 0.0330. The van der Waals surface area contributed by atoms with Crippen LogP contribution in [0.4, 0.5) is 0 Å². The van der Waals surface area contributed by atoms with E-state index in [1.54, 1.807) is 12.1 Å². The lowest BCUT2D eigenvalue weighted by Crippen LogP contribution is -2.25. The molecule has 0 aliphatic heterocycles. The maximum atomic E-state index is 12.0. The number of benzene rings is 2. The van der Waals surface area contributed by atoms with Gasteiger partial charge in [-0.05, 0) is 29.8 Å². The van der Waals surface area contributed by atoms with E-state index in [9.17, 15) is 4.79 Å². The molecule has 3 rings (SSSR count). The molecule has 2 aromatic carbocycles. The number of carbonyl (C=O) groups excluding carboxylic acids is 1. The van der Waals surface area contributed by atoms with Gasteiger partial charge < -0.3 is 9.88 Å². The number of nitrogens with one attached hydrogen (secondary N) is 1. The average molecular weight is 314 g/mol. The summed E-state index contributed by atoms with van der Waals surface area (Å²) < 4.78 is 2.00. The van der Waals surface area contributed by atoms with Gasteiger partial charge in [-0.2, -0.15) is 0 Å². The number of fused-ring (bicyclic) bond motifs is 1. The summed E-state index contributed by atoms with van der Waals surface area (Å²) in [5, 5.41) is 3.58. The molecule has 0 fully saturated rings. The zero-order chi connectivity index (χ0) is 15.5. The summed E-state index contributed by atoms with van der Waals surface area (Å²) in [5.41, 5.74) is 2.93. The fourth-order valence-corrected chi connectivity index (χ4v) is 2.51. The highest BCUT2D eigenvalue weighted by Crippen LogP contribution is 2.14. The molecule has 3 aromatic rings. The second-order valence-electron chi connectivity index (χ2n) is 5.16. The monoisotopic (exact) mass is 313 g/mol. The second kappa shape index (κ2) is 6.20. The van der Waals surface area contributed by atoms with E-state index in [-0.39, 0.29) is 5.91 Å². The standard InChI is InChI=1S/C17H16ClN3O/c1-21-15-5-3-2-4-14(15)20-16(21)11-19-17(22)10-12-6-8-13(18)9-7-12/h2-9H,10-11H2,1H3,(H,19,22). The van der Waals surface area contributed by atoms with Crippen molar-refractivity contribution in [3.05, 3.63) is 64.9 Å². The van der Waals surface area contributed by atoms with E-state index in [1.165, 1.54) is 0 Å². The van der Waals surface area contributed by atoms with Crippen LogP contribution in [-0.2, 0) is 24.8 Å². The lowest BCUT2D eigenvalue weighted by Gasteiger charge is -2.06. The van der Waals surface area contributed by atoms with E-state index in [0.29, 0.717) is 18.0 Å². The van der Waals surface area contributed by atoms with E-state index in [4.69, 9.17) is 11.6 Å². The van der Waals surface area contributed by atoms with Gasteiger partial charge in [0, 0.05) is 12.1 Å². The molecule has 0 radical (unpaired) electrons.